The monoisotopic (exact) mass is 388 g/mol. The molecule has 0 aromatic heterocycles. The average molecular weight is 389 g/mol. The summed E-state index contributed by atoms with van der Waals surface area (Å²) in [6, 6.07) is 29.5. The molecule has 0 atom stereocenters. The molecule has 0 spiro atoms. The van der Waals surface area contributed by atoms with Crippen molar-refractivity contribution in [1.29, 1.82) is 0 Å². The van der Waals surface area contributed by atoms with Crippen molar-refractivity contribution in [2.24, 2.45) is 5.92 Å². The Morgan fingerprint density at radius 3 is 1.53 bits per heavy atom. The van der Waals surface area contributed by atoms with Crippen LogP contribution in [0.25, 0.3) is 33.7 Å². The first-order chi connectivity index (χ1) is 14.7. The Bertz CT molecular complexity index is 1220. The highest BCUT2D eigenvalue weighted by atomic mass is 16.1. The van der Waals surface area contributed by atoms with Gasteiger partial charge in [-0.3, -0.25) is 4.79 Å². The number of hydrogen-bond acceptors (Lipinski definition) is 1. The molecule has 0 saturated heterocycles. The number of carbonyl (C=O) groups is 1. The van der Waals surface area contributed by atoms with Crippen LogP contribution in [0.3, 0.4) is 0 Å². The van der Waals surface area contributed by atoms with Crippen LogP contribution < -0.4 is 0 Å². The first-order valence-electron chi connectivity index (χ1n) is 10.6. The number of allylic oxidation sites excluding steroid dienone is 2. The van der Waals surface area contributed by atoms with Crippen molar-refractivity contribution < 1.29 is 4.79 Å². The topological polar surface area (TPSA) is 17.1 Å². The summed E-state index contributed by atoms with van der Waals surface area (Å²) in [5.41, 5.74) is 4.01. The maximum atomic E-state index is 13.3. The van der Waals surface area contributed by atoms with Gasteiger partial charge in [-0.2, -0.15) is 0 Å². The predicted octanol–water partition coefficient (Wildman–Crippen LogP) is 7.46. The van der Waals surface area contributed by atoms with E-state index >= 15 is 0 Å². The quantitative estimate of drug-likeness (QED) is 0.326. The predicted molar refractivity (Wildman–Crippen MR) is 127 cm³/mol. The van der Waals surface area contributed by atoms with Crippen LogP contribution >= 0.6 is 0 Å². The molecule has 30 heavy (non-hydrogen) atoms. The average Bonchev–Trinajstić information content (AvgIpc) is 2.77. The van der Waals surface area contributed by atoms with Crippen LogP contribution in [0.5, 0.6) is 0 Å². The molecule has 1 saturated carbocycles. The second-order valence-electron chi connectivity index (χ2n) is 8.39. The fourth-order valence-corrected chi connectivity index (χ4v) is 4.46. The molecule has 1 aliphatic carbocycles. The Morgan fingerprint density at radius 1 is 0.633 bits per heavy atom. The number of rotatable bonds is 2. The van der Waals surface area contributed by atoms with Gasteiger partial charge in [0.2, 0.25) is 0 Å². The second-order valence-corrected chi connectivity index (χ2v) is 8.39. The van der Waals surface area contributed by atoms with Crippen molar-refractivity contribution in [1.82, 2.24) is 0 Å². The normalized spacial score (nSPS) is 19.8. The van der Waals surface area contributed by atoms with Crippen LogP contribution in [0.2, 0.25) is 0 Å². The molecule has 1 aliphatic rings. The van der Waals surface area contributed by atoms with Gasteiger partial charge in [0, 0.05) is 11.1 Å². The molecule has 1 fully saturated rings. The van der Waals surface area contributed by atoms with Crippen LogP contribution in [0.1, 0.15) is 30.9 Å². The standard InChI is InChI=1S/C29H24O/c1-20-14-27(18-21-10-12-23-6-2-4-8-25(23)16-21)29(30)28(15-20)19-22-11-13-24-7-3-5-9-26(24)17-22/h2-13,16-20H,14-15H2,1H3/b27-18+,28-19+. The van der Waals surface area contributed by atoms with Crippen molar-refractivity contribution in [2.45, 2.75) is 19.8 Å². The molecule has 1 nitrogen and oxygen atoms in total. The molecule has 0 radical (unpaired) electrons. The summed E-state index contributed by atoms with van der Waals surface area (Å²) in [6.07, 6.45) is 5.83. The van der Waals surface area contributed by atoms with E-state index in [2.05, 4.69) is 104 Å². The lowest BCUT2D eigenvalue weighted by molar-refractivity contribution is -0.113. The molecular formula is C29H24O. The Labute approximate surface area is 177 Å². The fraction of sp³-hybridized carbons (Fsp3) is 0.138. The van der Waals surface area contributed by atoms with Crippen LogP contribution in [-0.2, 0) is 4.79 Å². The molecule has 0 amide bonds. The van der Waals surface area contributed by atoms with Crippen LogP contribution in [0, 0.1) is 5.92 Å². The molecule has 1 heteroatoms. The minimum Gasteiger partial charge on any atom is -0.289 e. The van der Waals surface area contributed by atoms with Crippen LogP contribution in [-0.4, -0.2) is 5.78 Å². The van der Waals surface area contributed by atoms with E-state index in [0.717, 1.165) is 35.1 Å². The first kappa shape index (κ1) is 18.6. The number of Topliss-reactive ketones (excluding diaryl/α,β-unsaturated/α-hetero) is 1. The third-order valence-corrected chi connectivity index (χ3v) is 5.95. The molecule has 0 aliphatic heterocycles. The molecule has 4 aromatic rings. The van der Waals surface area contributed by atoms with E-state index < -0.39 is 0 Å². The van der Waals surface area contributed by atoms with Gasteiger partial charge in [-0.1, -0.05) is 79.7 Å². The second kappa shape index (κ2) is 7.76. The lowest BCUT2D eigenvalue weighted by Crippen LogP contribution is -2.18. The zero-order valence-electron chi connectivity index (χ0n) is 17.1. The molecule has 5 rings (SSSR count). The molecule has 0 bridgehead atoms. The molecular weight excluding hydrogens is 364 g/mol. The van der Waals surface area contributed by atoms with Gasteiger partial charge in [0.25, 0.3) is 0 Å². The van der Waals surface area contributed by atoms with Gasteiger partial charge in [-0.15, -0.1) is 0 Å². The molecule has 0 N–H and O–H groups in total. The highest BCUT2D eigenvalue weighted by Gasteiger charge is 2.25. The summed E-state index contributed by atoms with van der Waals surface area (Å²) in [6.45, 7) is 2.23. The van der Waals surface area contributed by atoms with E-state index in [9.17, 15) is 4.79 Å². The third-order valence-electron chi connectivity index (χ3n) is 5.95. The lowest BCUT2D eigenvalue weighted by Gasteiger charge is -2.22. The van der Waals surface area contributed by atoms with E-state index in [1.807, 2.05) is 0 Å². The fourth-order valence-electron chi connectivity index (χ4n) is 4.46. The van der Waals surface area contributed by atoms with E-state index in [1.54, 1.807) is 0 Å². The number of ketones is 1. The Balaban J connectivity index is 1.50. The maximum absolute atomic E-state index is 13.3. The van der Waals surface area contributed by atoms with Crippen LogP contribution in [0.4, 0.5) is 0 Å². The summed E-state index contributed by atoms with van der Waals surface area (Å²) in [5.74, 6) is 0.649. The van der Waals surface area contributed by atoms with Crippen molar-refractivity contribution in [3.05, 3.63) is 107 Å². The van der Waals surface area contributed by atoms with Gasteiger partial charge in [-0.25, -0.2) is 0 Å². The molecule has 4 aromatic carbocycles. The molecule has 0 heterocycles. The largest absolute Gasteiger partial charge is 0.289 e. The van der Waals surface area contributed by atoms with E-state index in [1.165, 1.54) is 21.5 Å². The van der Waals surface area contributed by atoms with E-state index in [0.29, 0.717) is 5.92 Å². The molecule has 146 valence electrons. The molecule has 0 unspecified atom stereocenters. The minimum absolute atomic E-state index is 0.189. The smallest absolute Gasteiger partial charge is 0.185 e. The minimum atomic E-state index is 0.189. The van der Waals surface area contributed by atoms with Gasteiger partial charge in [-0.05, 0) is 75.7 Å². The van der Waals surface area contributed by atoms with Gasteiger partial charge >= 0.3 is 0 Å². The number of hydrogen-bond donors (Lipinski definition) is 0. The summed E-state index contributed by atoms with van der Waals surface area (Å²) >= 11 is 0. The lowest BCUT2D eigenvalue weighted by atomic mass is 9.80. The zero-order valence-corrected chi connectivity index (χ0v) is 17.1. The Morgan fingerprint density at radius 2 is 1.07 bits per heavy atom. The van der Waals surface area contributed by atoms with Gasteiger partial charge in [0.15, 0.2) is 5.78 Å². The van der Waals surface area contributed by atoms with Gasteiger partial charge in [0.1, 0.15) is 0 Å². The van der Waals surface area contributed by atoms with Crippen molar-refractivity contribution in [3.8, 4) is 0 Å². The summed E-state index contributed by atoms with van der Waals surface area (Å²) in [4.78, 5) is 13.3. The highest BCUT2D eigenvalue weighted by molar-refractivity contribution is 6.14. The number of benzene rings is 4. The van der Waals surface area contributed by atoms with Crippen molar-refractivity contribution >= 4 is 39.5 Å². The Kier molecular flexibility index (Phi) is 4.80. The van der Waals surface area contributed by atoms with Crippen molar-refractivity contribution in [2.75, 3.05) is 0 Å². The zero-order chi connectivity index (χ0) is 20.5. The summed E-state index contributed by atoms with van der Waals surface area (Å²) in [5, 5.41) is 4.85. The first-order valence-corrected chi connectivity index (χ1v) is 10.6. The SMILES string of the molecule is CC1C/C(=C\c2ccc3ccccc3c2)C(=O)/C(=C/c2ccc3ccccc3c2)C1. The van der Waals surface area contributed by atoms with Crippen molar-refractivity contribution in [3.63, 3.8) is 0 Å². The Hall–Kier alpha value is -3.45. The highest BCUT2D eigenvalue weighted by Crippen LogP contribution is 2.33. The number of fused-ring (bicyclic) bond motifs is 2. The summed E-state index contributed by atoms with van der Waals surface area (Å²) < 4.78 is 0. The van der Waals surface area contributed by atoms with E-state index in [-0.39, 0.29) is 5.78 Å². The van der Waals surface area contributed by atoms with Gasteiger partial charge in [0.05, 0.1) is 0 Å². The maximum Gasteiger partial charge on any atom is 0.185 e. The van der Waals surface area contributed by atoms with E-state index in [4.69, 9.17) is 0 Å². The van der Waals surface area contributed by atoms with Crippen LogP contribution in [0.15, 0.2) is 96.1 Å². The summed E-state index contributed by atoms with van der Waals surface area (Å²) in [7, 11) is 0. The third kappa shape index (κ3) is 3.71. The number of carbonyl (C=O) groups excluding carboxylic acids is 1. The van der Waals surface area contributed by atoms with Gasteiger partial charge < -0.3 is 0 Å².